The number of hydrogen-bond acceptors (Lipinski definition) is 4. The molecule has 0 radical (unpaired) electrons. The SMILES string of the molecule is Cc1ncc(C#CCCCCCl)cc1OC[C@@H]1CCN1C(=O)OC(C)(C)C. The van der Waals surface area contributed by atoms with Crippen LogP contribution in [0.1, 0.15) is 57.7 Å². The van der Waals surface area contributed by atoms with Gasteiger partial charge in [-0.2, -0.15) is 0 Å². The van der Waals surface area contributed by atoms with Crippen LogP contribution < -0.4 is 4.74 Å². The number of alkyl halides is 1. The number of halogens is 1. The molecule has 1 saturated heterocycles. The minimum absolute atomic E-state index is 0.0320. The van der Waals surface area contributed by atoms with E-state index < -0.39 is 5.60 Å². The standard InChI is InChI=1S/C21H29ClN2O3/c1-16-19(13-17(14-23-16)9-7-5-6-8-11-22)26-15-18-10-12-24(18)20(25)27-21(2,3)4/h13-14,18H,5-6,8,10-12,15H2,1-4H3/t18-/m0/s1. The van der Waals surface area contributed by atoms with E-state index in [0.29, 0.717) is 24.8 Å². The van der Waals surface area contributed by atoms with E-state index in [9.17, 15) is 4.79 Å². The Labute approximate surface area is 167 Å². The molecule has 0 unspecified atom stereocenters. The van der Waals surface area contributed by atoms with Crippen LogP contribution in [-0.4, -0.2) is 46.7 Å². The fourth-order valence-corrected chi connectivity index (χ4v) is 2.75. The van der Waals surface area contributed by atoms with E-state index in [1.807, 2.05) is 33.8 Å². The van der Waals surface area contributed by atoms with Crippen molar-refractivity contribution in [2.24, 2.45) is 0 Å². The molecular formula is C21H29ClN2O3. The van der Waals surface area contributed by atoms with E-state index in [4.69, 9.17) is 21.1 Å². The number of unbranched alkanes of at least 4 members (excludes halogenated alkanes) is 2. The average molecular weight is 393 g/mol. The number of pyridine rings is 1. The molecule has 0 bridgehead atoms. The molecule has 1 aliphatic heterocycles. The zero-order valence-electron chi connectivity index (χ0n) is 16.7. The minimum atomic E-state index is -0.491. The molecule has 27 heavy (non-hydrogen) atoms. The molecule has 148 valence electrons. The van der Waals surface area contributed by atoms with Crippen molar-refractivity contribution in [2.75, 3.05) is 19.0 Å². The maximum Gasteiger partial charge on any atom is 0.410 e. The van der Waals surface area contributed by atoms with Crippen LogP contribution >= 0.6 is 11.6 Å². The van der Waals surface area contributed by atoms with Crippen molar-refractivity contribution in [3.05, 3.63) is 23.5 Å². The highest BCUT2D eigenvalue weighted by Gasteiger charge is 2.35. The lowest BCUT2D eigenvalue weighted by molar-refractivity contribution is -0.0142. The first kappa shape index (κ1) is 21.4. The Bertz CT molecular complexity index is 704. The second-order valence-electron chi connectivity index (χ2n) is 7.68. The summed E-state index contributed by atoms with van der Waals surface area (Å²) in [4.78, 5) is 18.3. The van der Waals surface area contributed by atoms with Crippen LogP contribution in [0.15, 0.2) is 12.3 Å². The number of aryl methyl sites for hydroxylation is 1. The van der Waals surface area contributed by atoms with Crippen LogP contribution in [0.3, 0.4) is 0 Å². The number of carbonyl (C=O) groups excluding carboxylic acids is 1. The normalized spacial score (nSPS) is 16.2. The van der Waals surface area contributed by atoms with E-state index in [2.05, 4.69) is 16.8 Å². The van der Waals surface area contributed by atoms with Gasteiger partial charge in [-0.05, 0) is 53.0 Å². The molecule has 1 amide bonds. The Morgan fingerprint density at radius 2 is 2.19 bits per heavy atom. The highest BCUT2D eigenvalue weighted by Crippen LogP contribution is 2.24. The van der Waals surface area contributed by atoms with Gasteiger partial charge in [0.1, 0.15) is 18.0 Å². The number of likely N-dealkylation sites (tertiary alicyclic amines) is 1. The summed E-state index contributed by atoms with van der Waals surface area (Å²) in [7, 11) is 0. The van der Waals surface area contributed by atoms with Gasteiger partial charge in [0.15, 0.2) is 0 Å². The molecule has 2 heterocycles. The zero-order valence-corrected chi connectivity index (χ0v) is 17.4. The predicted molar refractivity (Wildman–Crippen MR) is 107 cm³/mol. The molecule has 1 fully saturated rings. The second-order valence-corrected chi connectivity index (χ2v) is 8.06. The van der Waals surface area contributed by atoms with Gasteiger partial charge in [-0.15, -0.1) is 11.6 Å². The van der Waals surface area contributed by atoms with Crippen molar-refractivity contribution in [1.29, 1.82) is 0 Å². The topological polar surface area (TPSA) is 51.7 Å². The summed E-state index contributed by atoms with van der Waals surface area (Å²) in [6, 6.07) is 1.94. The first-order chi connectivity index (χ1) is 12.8. The molecule has 1 aliphatic rings. The Hall–Kier alpha value is -1.93. The fourth-order valence-electron chi connectivity index (χ4n) is 2.56. The zero-order chi connectivity index (χ0) is 19.9. The lowest BCUT2D eigenvalue weighted by Gasteiger charge is -2.41. The molecule has 0 aromatic carbocycles. The Morgan fingerprint density at radius 3 is 2.81 bits per heavy atom. The molecule has 0 spiro atoms. The Kier molecular flexibility index (Phi) is 7.79. The number of nitrogens with zero attached hydrogens (tertiary/aromatic N) is 2. The number of carbonyl (C=O) groups is 1. The van der Waals surface area contributed by atoms with Crippen LogP contribution in [0, 0.1) is 18.8 Å². The van der Waals surface area contributed by atoms with Gasteiger partial charge in [0, 0.05) is 30.6 Å². The lowest BCUT2D eigenvalue weighted by atomic mass is 10.1. The second kappa shape index (κ2) is 9.85. The number of aromatic nitrogens is 1. The smallest absolute Gasteiger partial charge is 0.410 e. The third-order valence-corrected chi connectivity index (χ3v) is 4.43. The monoisotopic (exact) mass is 392 g/mol. The molecule has 5 nitrogen and oxygen atoms in total. The van der Waals surface area contributed by atoms with E-state index in [1.54, 1.807) is 11.1 Å². The van der Waals surface area contributed by atoms with Gasteiger partial charge in [-0.25, -0.2) is 4.79 Å². The van der Waals surface area contributed by atoms with Gasteiger partial charge in [0.25, 0.3) is 0 Å². The number of amides is 1. The van der Waals surface area contributed by atoms with Crippen molar-refractivity contribution in [3.8, 4) is 17.6 Å². The van der Waals surface area contributed by atoms with Gasteiger partial charge < -0.3 is 14.4 Å². The molecular weight excluding hydrogens is 364 g/mol. The molecule has 0 N–H and O–H groups in total. The predicted octanol–water partition coefficient (Wildman–Crippen LogP) is 4.54. The van der Waals surface area contributed by atoms with E-state index in [0.717, 1.165) is 36.9 Å². The van der Waals surface area contributed by atoms with Crippen molar-refractivity contribution in [1.82, 2.24) is 9.88 Å². The summed E-state index contributed by atoms with van der Waals surface area (Å²) < 4.78 is 11.4. The Morgan fingerprint density at radius 1 is 1.41 bits per heavy atom. The third-order valence-electron chi connectivity index (χ3n) is 4.16. The van der Waals surface area contributed by atoms with Crippen LogP contribution in [0.5, 0.6) is 5.75 Å². The van der Waals surface area contributed by atoms with Crippen molar-refractivity contribution < 1.29 is 14.3 Å². The van der Waals surface area contributed by atoms with Crippen molar-refractivity contribution >= 4 is 17.7 Å². The van der Waals surface area contributed by atoms with Crippen molar-refractivity contribution in [3.63, 3.8) is 0 Å². The van der Waals surface area contributed by atoms with E-state index in [1.165, 1.54) is 0 Å². The van der Waals surface area contributed by atoms with Crippen LogP contribution in [0.4, 0.5) is 4.79 Å². The van der Waals surface area contributed by atoms with Crippen molar-refractivity contribution in [2.45, 2.75) is 65.0 Å². The van der Waals surface area contributed by atoms with Gasteiger partial charge >= 0.3 is 6.09 Å². The molecule has 1 aromatic heterocycles. The summed E-state index contributed by atoms with van der Waals surface area (Å²) in [5.74, 6) is 7.64. The average Bonchev–Trinajstić information content (AvgIpc) is 2.54. The number of hydrogen-bond donors (Lipinski definition) is 0. The summed E-state index contributed by atoms with van der Waals surface area (Å²) >= 11 is 5.67. The maximum absolute atomic E-state index is 12.2. The Balaban J connectivity index is 1.90. The highest BCUT2D eigenvalue weighted by atomic mass is 35.5. The minimum Gasteiger partial charge on any atom is -0.489 e. The molecule has 1 atom stereocenters. The van der Waals surface area contributed by atoms with E-state index >= 15 is 0 Å². The van der Waals surface area contributed by atoms with Gasteiger partial charge in [0.2, 0.25) is 0 Å². The molecule has 6 heteroatoms. The third kappa shape index (κ3) is 6.95. The quantitative estimate of drug-likeness (QED) is 0.405. The van der Waals surface area contributed by atoms with Gasteiger partial charge in [-0.3, -0.25) is 4.98 Å². The fraction of sp³-hybridized carbons (Fsp3) is 0.619. The molecule has 2 rings (SSSR count). The maximum atomic E-state index is 12.2. The first-order valence-corrected chi connectivity index (χ1v) is 9.97. The summed E-state index contributed by atoms with van der Waals surface area (Å²) in [6.07, 6.45) is 5.18. The van der Waals surface area contributed by atoms with Crippen LogP contribution in [0.2, 0.25) is 0 Å². The van der Waals surface area contributed by atoms with Gasteiger partial charge in [-0.1, -0.05) is 11.8 Å². The van der Waals surface area contributed by atoms with Crippen LogP contribution in [-0.2, 0) is 4.74 Å². The summed E-state index contributed by atoms with van der Waals surface area (Å²) in [6.45, 7) is 8.64. The summed E-state index contributed by atoms with van der Waals surface area (Å²) in [5, 5.41) is 0. The molecule has 0 aliphatic carbocycles. The highest BCUT2D eigenvalue weighted by molar-refractivity contribution is 6.17. The van der Waals surface area contributed by atoms with E-state index in [-0.39, 0.29) is 12.1 Å². The lowest BCUT2D eigenvalue weighted by Crippen LogP contribution is -2.55. The molecule has 1 aromatic rings. The first-order valence-electron chi connectivity index (χ1n) is 9.44. The summed E-state index contributed by atoms with van der Waals surface area (Å²) in [5.41, 5.74) is 1.15. The van der Waals surface area contributed by atoms with Crippen LogP contribution in [0.25, 0.3) is 0 Å². The van der Waals surface area contributed by atoms with Gasteiger partial charge in [0.05, 0.1) is 11.7 Å². The molecule has 0 saturated carbocycles. The number of ether oxygens (including phenoxy) is 2. The number of rotatable bonds is 6. The largest absolute Gasteiger partial charge is 0.489 e.